The molecule has 0 fully saturated rings. The second kappa shape index (κ2) is 64.2. The van der Waals surface area contributed by atoms with E-state index in [1.807, 2.05) is 21.1 Å². The van der Waals surface area contributed by atoms with Crippen LogP contribution in [0.4, 0.5) is 0 Å². The maximum atomic E-state index is 12.9. The standard InChI is InChI=1S/C74H130NO8P/c1-6-8-10-12-14-16-18-20-22-24-26-28-30-32-34-35-36-37-38-39-41-43-45-47-49-51-53-55-57-59-61-63-65-67-74(77)83-72(71-82-84(78,79)81-69-68-75(3,4)5)70-80-73(76)66-64-62-60-58-56-54-52-50-48-46-44-42-40-33-31-29-27-25-23-21-19-17-15-13-11-9-7-2/h8,10,14,16,19-22,25-28,32,34,36-37,39,41,72H,6-7,9,11-13,15,17-18,23-24,29-31,33,35,38,40,42-71H2,1-5H3/b10-8-,16-14-,21-19-,22-20-,27-25-,28-26-,34-32-,37-36-,41-39-. The molecule has 0 radical (unpaired) electrons. The fraction of sp³-hybridized carbons (Fsp3) is 0.730. The first-order chi connectivity index (χ1) is 41.0. The van der Waals surface area contributed by atoms with Crippen LogP contribution in [-0.4, -0.2) is 70.0 Å². The molecule has 2 atom stereocenters. The van der Waals surface area contributed by atoms with Crippen molar-refractivity contribution in [2.45, 2.75) is 302 Å². The highest BCUT2D eigenvalue weighted by Crippen LogP contribution is 2.38. The number of allylic oxidation sites excluding steroid dienone is 18. The number of quaternary nitrogens is 1. The number of hydrogen-bond acceptors (Lipinski definition) is 8. The van der Waals surface area contributed by atoms with Crippen molar-refractivity contribution in [1.82, 2.24) is 0 Å². The molecule has 0 bridgehead atoms. The SMILES string of the molecule is CC/C=C\C/C=C\C/C=C\C/C=C\C/C=C\C/C=C\C/C=C\CCCCCCCCCCCCCC(=O)OC(COC(=O)CCCCCCCCCCCCCCCCC/C=C\C/C=C\CCCCCCC)COP(=O)([O-])OCC[N+](C)(C)C. The summed E-state index contributed by atoms with van der Waals surface area (Å²) in [7, 11) is 1.16. The first-order valence-corrected chi connectivity index (χ1v) is 36.1. The first-order valence-electron chi connectivity index (χ1n) is 34.6. The van der Waals surface area contributed by atoms with Crippen LogP contribution in [0.1, 0.15) is 296 Å². The van der Waals surface area contributed by atoms with Gasteiger partial charge in [0.1, 0.15) is 19.8 Å². The van der Waals surface area contributed by atoms with E-state index in [4.69, 9.17) is 18.5 Å². The van der Waals surface area contributed by atoms with Crippen molar-refractivity contribution in [2.24, 2.45) is 0 Å². The van der Waals surface area contributed by atoms with Gasteiger partial charge in [-0.05, 0) is 103 Å². The Morgan fingerprint density at radius 1 is 0.381 bits per heavy atom. The number of phosphoric acid groups is 1. The van der Waals surface area contributed by atoms with E-state index in [2.05, 4.69) is 123 Å². The molecule has 0 aromatic heterocycles. The van der Waals surface area contributed by atoms with Gasteiger partial charge < -0.3 is 27.9 Å². The van der Waals surface area contributed by atoms with Crippen molar-refractivity contribution in [3.63, 3.8) is 0 Å². The third-order valence-corrected chi connectivity index (χ3v) is 15.7. The zero-order valence-corrected chi connectivity index (χ0v) is 56.0. The van der Waals surface area contributed by atoms with Crippen molar-refractivity contribution < 1.29 is 42.1 Å². The molecule has 0 aromatic rings. The summed E-state index contributed by atoms with van der Waals surface area (Å²) < 4.78 is 34.3. The Balaban J connectivity index is 4.09. The Kier molecular flexibility index (Phi) is 61.6. The Morgan fingerprint density at radius 2 is 0.679 bits per heavy atom. The van der Waals surface area contributed by atoms with Crippen molar-refractivity contribution in [1.29, 1.82) is 0 Å². The first kappa shape index (κ1) is 80.7. The highest BCUT2D eigenvalue weighted by molar-refractivity contribution is 7.45. The van der Waals surface area contributed by atoms with E-state index in [0.29, 0.717) is 17.4 Å². The van der Waals surface area contributed by atoms with E-state index in [1.54, 1.807) is 0 Å². The van der Waals surface area contributed by atoms with Crippen LogP contribution in [0.3, 0.4) is 0 Å². The van der Waals surface area contributed by atoms with Crippen molar-refractivity contribution in [3.05, 3.63) is 109 Å². The molecule has 0 saturated carbocycles. The third-order valence-electron chi connectivity index (χ3n) is 14.8. The fourth-order valence-corrected chi connectivity index (χ4v) is 10.2. The lowest BCUT2D eigenvalue weighted by Crippen LogP contribution is -2.37. The Bertz CT molecular complexity index is 1790. The topological polar surface area (TPSA) is 111 Å². The minimum atomic E-state index is -4.65. The Labute approximate surface area is 518 Å². The molecule has 484 valence electrons. The number of hydrogen-bond donors (Lipinski definition) is 0. The molecule has 0 aliphatic carbocycles. The van der Waals surface area contributed by atoms with Gasteiger partial charge in [-0.2, -0.15) is 0 Å². The number of unbranched alkanes of at least 4 members (excludes halogenated alkanes) is 31. The van der Waals surface area contributed by atoms with Gasteiger partial charge in [0.2, 0.25) is 0 Å². The summed E-state index contributed by atoms with van der Waals surface area (Å²) in [5.41, 5.74) is 0. The number of esters is 2. The molecule has 10 heteroatoms. The molecule has 0 N–H and O–H groups in total. The highest BCUT2D eigenvalue weighted by atomic mass is 31.2. The minimum absolute atomic E-state index is 0.0350. The number of nitrogens with zero attached hydrogens (tertiary/aromatic N) is 1. The molecule has 0 amide bonds. The molecule has 0 aromatic carbocycles. The van der Waals surface area contributed by atoms with E-state index in [9.17, 15) is 19.0 Å². The average molecular weight is 1190 g/mol. The van der Waals surface area contributed by atoms with Crippen LogP contribution in [0.25, 0.3) is 0 Å². The second-order valence-corrected chi connectivity index (χ2v) is 25.6. The van der Waals surface area contributed by atoms with E-state index >= 15 is 0 Å². The quantitative estimate of drug-likeness (QED) is 0.0195. The normalized spacial score (nSPS) is 13.8. The van der Waals surface area contributed by atoms with Crippen LogP contribution in [0.2, 0.25) is 0 Å². The molecular formula is C74H130NO8P. The van der Waals surface area contributed by atoms with Crippen LogP contribution in [-0.2, 0) is 32.7 Å². The van der Waals surface area contributed by atoms with Crippen molar-refractivity contribution in [2.75, 3.05) is 47.5 Å². The van der Waals surface area contributed by atoms with Crippen LogP contribution in [0.5, 0.6) is 0 Å². The van der Waals surface area contributed by atoms with Gasteiger partial charge in [0, 0.05) is 12.8 Å². The summed E-state index contributed by atoms with van der Waals surface area (Å²) in [6.45, 7) is 4.13. The molecule has 2 unspecified atom stereocenters. The van der Waals surface area contributed by atoms with Gasteiger partial charge in [-0.3, -0.25) is 14.2 Å². The van der Waals surface area contributed by atoms with E-state index < -0.39 is 26.5 Å². The molecule has 0 saturated heterocycles. The smallest absolute Gasteiger partial charge is 0.306 e. The largest absolute Gasteiger partial charge is 0.756 e. The molecule has 9 nitrogen and oxygen atoms in total. The Morgan fingerprint density at radius 3 is 1.01 bits per heavy atom. The van der Waals surface area contributed by atoms with Gasteiger partial charge in [-0.15, -0.1) is 0 Å². The maximum absolute atomic E-state index is 12.9. The Hall–Kier alpha value is -3.33. The predicted octanol–water partition coefficient (Wildman–Crippen LogP) is 21.9. The van der Waals surface area contributed by atoms with Crippen molar-refractivity contribution >= 4 is 19.8 Å². The number of rotatable bonds is 63. The van der Waals surface area contributed by atoms with E-state index in [1.165, 1.54) is 167 Å². The summed E-state index contributed by atoms with van der Waals surface area (Å²) in [5, 5.41) is 0. The van der Waals surface area contributed by atoms with Crippen LogP contribution < -0.4 is 4.89 Å². The van der Waals surface area contributed by atoms with Gasteiger partial charge in [0.25, 0.3) is 7.82 Å². The highest BCUT2D eigenvalue weighted by Gasteiger charge is 2.22. The minimum Gasteiger partial charge on any atom is -0.756 e. The fourth-order valence-electron chi connectivity index (χ4n) is 9.49. The summed E-state index contributed by atoms with van der Waals surface area (Å²) >= 11 is 0. The lowest BCUT2D eigenvalue weighted by Gasteiger charge is -2.28. The summed E-state index contributed by atoms with van der Waals surface area (Å²) in [4.78, 5) is 38.1. The van der Waals surface area contributed by atoms with Gasteiger partial charge in [0.05, 0.1) is 27.7 Å². The summed E-state index contributed by atoms with van der Waals surface area (Å²) in [6, 6.07) is 0. The van der Waals surface area contributed by atoms with E-state index in [0.717, 1.165) is 96.3 Å². The second-order valence-electron chi connectivity index (χ2n) is 24.2. The zero-order valence-electron chi connectivity index (χ0n) is 55.1. The molecule has 0 rings (SSSR count). The molecule has 0 aliphatic rings. The summed E-state index contributed by atoms with van der Waals surface area (Å²) in [5.74, 6) is -0.833. The molecule has 0 heterocycles. The average Bonchev–Trinajstić information content (AvgIpc) is 3.61. The van der Waals surface area contributed by atoms with E-state index in [-0.39, 0.29) is 32.0 Å². The third kappa shape index (κ3) is 67.8. The molecule has 84 heavy (non-hydrogen) atoms. The zero-order chi connectivity index (χ0) is 61.2. The lowest BCUT2D eigenvalue weighted by atomic mass is 10.0. The molecular weight excluding hydrogens is 1060 g/mol. The predicted molar refractivity (Wildman–Crippen MR) is 360 cm³/mol. The van der Waals surface area contributed by atoms with Gasteiger partial charge >= 0.3 is 11.9 Å². The molecule has 0 spiro atoms. The van der Waals surface area contributed by atoms with Gasteiger partial charge in [-0.25, -0.2) is 0 Å². The van der Waals surface area contributed by atoms with Crippen LogP contribution >= 0.6 is 7.82 Å². The number of carbonyl (C=O) groups is 2. The van der Waals surface area contributed by atoms with Crippen molar-refractivity contribution in [3.8, 4) is 0 Å². The number of likely N-dealkylation sites (N-methyl/N-ethyl adjacent to an activating group) is 1. The van der Waals surface area contributed by atoms with Gasteiger partial charge in [-0.1, -0.05) is 290 Å². The lowest BCUT2D eigenvalue weighted by molar-refractivity contribution is -0.870. The molecule has 0 aliphatic heterocycles. The summed E-state index contributed by atoms with van der Waals surface area (Å²) in [6.07, 6.45) is 90.1. The van der Waals surface area contributed by atoms with Gasteiger partial charge in [0.15, 0.2) is 6.10 Å². The monoisotopic (exact) mass is 1190 g/mol. The number of phosphoric ester groups is 1. The number of ether oxygens (including phenoxy) is 2. The number of carbonyl (C=O) groups excluding carboxylic acids is 2. The maximum Gasteiger partial charge on any atom is 0.306 e. The van der Waals surface area contributed by atoms with Crippen LogP contribution in [0.15, 0.2) is 109 Å². The van der Waals surface area contributed by atoms with Crippen LogP contribution in [0, 0.1) is 0 Å².